The Hall–Kier alpha value is -3.13. The predicted molar refractivity (Wildman–Crippen MR) is 112 cm³/mol. The monoisotopic (exact) mass is 407 g/mol. The number of pyridine rings is 1. The molecule has 4 rings (SSSR count). The second-order valence-electron chi connectivity index (χ2n) is 6.63. The summed E-state index contributed by atoms with van der Waals surface area (Å²) in [6.07, 6.45) is 1.69. The average Bonchev–Trinajstić information content (AvgIpc) is 3.29. The average molecular weight is 407 g/mol. The highest BCUT2D eigenvalue weighted by Gasteiger charge is 2.14. The van der Waals surface area contributed by atoms with Crippen molar-refractivity contribution in [3.8, 4) is 0 Å². The molecular formula is C21H21N5O2S. The second kappa shape index (κ2) is 8.48. The van der Waals surface area contributed by atoms with Crippen LogP contribution in [0.5, 0.6) is 0 Å². The SMILES string of the molecule is Cc1cc(CSc2ncccc2C(=O)NCCn2c(C)nc3ccccc32)no1. The molecule has 148 valence electrons. The van der Waals surface area contributed by atoms with Crippen LogP contribution < -0.4 is 5.32 Å². The number of hydrogen-bond donors (Lipinski definition) is 1. The van der Waals surface area contributed by atoms with E-state index >= 15 is 0 Å². The molecule has 3 heterocycles. The first-order valence-corrected chi connectivity index (χ1v) is 10.3. The highest BCUT2D eigenvalue weighted by Crippen LogP contribution is 2.24. The lowest BCUT2D eigenvalue weighted by Gasteiger charge is -2.10. The van der Waals surface area contributed by atoms with Gasteiger partial charge in [0, 0.05) is 31.1 Å². The number of thioether (sulfide) groups is 1. The van der Waals surface area contributed by atoms with E-state index in [2.05, 4.69) is 25.0 Å². The van der Waals surface area contributed by atoms with Crippen molar-refractivity contribution in [3.05, 3.63) is 71.5 Å². The third-order valence-electron chi connectivity index (χ3n) is 4.52. The van der Waals surface area contributed by atoms with Gasteiger partial charge in [0.1, 0.15) is 16.6 Å². The molecule has 7 nitrogen and oxygen atoms in total. The Morgan fingerprint density at radius 2 is 2.07 bits per heavy atom. The number of fused-ring (bicyclic) bond motifs is 1. The Morgan fingerprint density at radius 3 is 2.90 bits per heavy atom. The summed E-state index contributed by atoms with van der Waals surface area (Å²) in [7, 11) is 0. The van der Waals surface area contributed by atoms with Crippen molar-refractivity contribution >= 4 is 28.7 Å². The zero-order chi connectivity index (χ0) is 20.2. The van der Waals surface area contributed by atoms with Crippen LogP contribution in [-0.2, 0) is 12.3 Å². The van der Waals surface area contributed by atoms with Crippen LogP contribution in [0.25, 0.3) is 11.0 Å². The van der Waals surface area contributed by atoms with Crippen molar-refractivity contribution < 1.29 is 9.32 Å². The van der Waals surface area contributed by atoms with Crippen LogP contribution >= 0.6 is 11.8 Å². The number of amides is 1. The van der Waals surface area contributed by atoms with Gasteiger partial charge in [-0.15, -0.1) is 0 Å². The van der Waals surface area contributed by atoms with Crippen LogP contribution in [0.4, 0.5) is 0 Å². The lowest BCUT2D eigenvalue weighted by molar-refractivity contribution is 0.0948. The minimum atomic E-state index is -0.140. The maximum absolute atomic E-state index is 12.7. The van der Waals surface area contributed by atoms with E-state index in [1.165, 1.54) is 11.8 Å². The number of imidazole rings is 1. The Balaban J connectivity index is 1.40. The van der Waals surface area contributed by atoms with E-state index in [9.17, 15) is 4.79 Å². The molecule has 1 amide bonds. The summed E-state index contributed by atoms with van der Waals surface area (Å²) in [6, 6.07) is 13.4. The number of carbonyl (C=O) groups is 1. The normalized spacial score (nSPS) is 11.1. The van der Waals surface area contributed by atoms with Crippen molar-refractivity contribution in [2.45, 2.75) is 31.2 Å². The molecule has 1 N–H and O–H groups in total. The number of aromatic nitrogens is 4. The molecule has 0 bridgehead atoms. The number of rotatable bonds is 7. The number of carbonyl (C=O) groups excluding carboxylic acids is 1. The lowest BCUT2D eigenvalue weighted by Crippen LogP contribution is -2.28. The molecule has 3 aromatic heterocycles. The van der Waals surface area contributed by atoms with Crippen LogP contribution in [0.2, 0.25) is 0 Å². The number of hydrogen-bond acceptors (Lipinski definition) is 6. The molecule has 0 aliphatic carbocycles. The lowest BCUT2D eigenvalue weighted by atomic mass is 10.2. The van der Waals surface area contributed by atoms with Gasteiger partial charge in [0.25, 0.3) is 5.91 Å². The van der Waals surface area contributed by atoms with E-state index < -0.39 is 0 Å². The Kier molecular flexibility index (Phi) is 5.62. The summed E-state index contributed by atoms with van der Waals surface area (Å²) in [5, 5.41) is 7.66. The Morgan fingerprint density at radius 1 is 1.21 bits per heavy atom. The van der Waals surface area contributed by atoms with Crippen LogP contribution in [0.1, 0.15) is 27.6 Å². The fourth-order valence-electron chi connectivity index (χ4n) is 3.16. The van der Waals surface area contributed by atoms with Gasteiger partial charge in [-0.2, -0.15) is 0 Å². The molecule has 0 spiro atoms. The summed E-state index contributed by atoms with van der Waals surface area (Å²) in [5.74, 6) is 2.15. The van der Waals surface area contributed by atoms with E-state index in [1.54, 1.807) is 18.3 Å². The molecule has 0 unspecified atom stereocenters. The van der Waals surface area contributed by atoms with Crippen molar-refractivity contribution in [1.29, 1.82) is 0 Å². The zero-order valence-corrected chi connectivity index (χ0v) is 17.1. The number of nitrogens with zero attached hydrogens (tertiary/aromatic N) is 4. The van der Waals surface area contributed by atoms with E-state index in [1.807, 2.05) is 44.2 Å². The van der Waals surface area contributed by atoms with Crippen LogP contribution in [-0.4, -0.2) is 32.1 Å². The molecule has 1 aromatic carbocycles. The van der Waals surface area contributed by atoms with Crippen molar-refractivity contribution in [1.82, 2.24) is 25.0 Å². The molecule has 4 aromatic rings. The van der Waals surface area contributed by atoms with Crippen molar-refractivity contribution in [2.24, 2.45) is 0 Å². The summed E-state index contributed by atoms with van der Waals surface area (Å²) >= 11 is 1.47. The third-order valence-corrected chi connectivity index (χ3v) is 5.55. The van der Waals surface area contributed by atoms with E-state index in [-0.39, 0.29) is 5.91 Å². The molecule has 0 aliphatic rings. The Bertz CT molecular complexity index is 1150. The number of aryl methyl sites for hydroxylation is 2. The highest BCUT2D eigenvalue weighted by molar-refractivity contribution is 7.98. The smallest absolute Gasteiger partial charge is 0.254 e. The third kappa shape index (κ3) is 4.32. The maximum atomic E-state index is 12.7. The van der Waals surface area contributed by atoms with Crippen molar-refractivity contribution in [3.63, 3.8) is 0 Å². The van der Waals surface area contributed by atoms with Gasteiger partial charge < -0.3 is 14.4 Å². The molecule has 0 radical (unpaired) electrons. The molecule has 0 fully saturated rings. The van der Waals surface area contributed by atoms with Gasteiger partial charge in [0.05, 0.1) is 22.3 Å². The van der Waals surface area contributed by atoms with Gasteiger partial charge in [-0.05, 0) is 38.1 Å². The van der Waals surface area contributed by atoms with Crippen LogP contribution in [0.3, 0.4) is 0 Å². The number of nitrogens with one attached hydrogen (secondary N) is 1. The molecule has 0 saturated heterocycles. The second-order valence-corrected chi connectivity index (χ2v) is 7.59. The summed E-state index contributed by atoms with van der Waals surface area (Å²) in [5.41, 5.74) is 3.42. The first-order valence-electron chi connectivity index (χ1n) is 9.32. The first kappa shape index (κ1) is 19.2. The van der Waals surface area contributed by atoms with Crippen molar-refractivity contribution in [2.75, 3.05) is 6.54 Å². The maximum Gasteiger partial charge on any atom is 0.254 e. The number of para-hydroxylation sites is 2. The molecule has 0 saturated carbocycles. The minimum absolute atomic E-state index is 0.140. The van der Waals surface area contributed by atoms with Gasteiger partial charge in [-0.25, -0.2) is 9.97 Å². The fourth-order valence-corrected chi connectivity index (χ4v) is 4.03. The highest BCUT2D eigenvalue weighted by atomic mass is 32.2. The summed E-state index contributed by atoms with van der Waals surface area (Å²) in [4.78, 5) is 21.7. The molecule has 29 heavy (non-hydrogen) atoms. The van der Waals surface area contributed by atoms with E-state index in [0.717, 1.165) is 28.3 Å². The Labute approximate surface area is 172 Å². The number of benzene rings is 1. The molecule has 8 heteroatoms. The first-order chi connectivity index (χ1) is 14.1. The zero-order valence-electron chi connectivity index (χ0n) is 16.3. The van der Waals surface area contributed by atoms with Gasteiger partial charge in [0.15, 0.2) is 0 Å². The van der Waals surface area contributed by atoms with E-state index in [4.69, 9.17) is 4.52 Å². The standard InChI is InChI=1S/C21H21N5O2S/c1-14-12-16(25-28-14)13-29-21-17(6-5-9-23-21)20(27)22-10-11-26-15(2)24-18-7-3-4-8-19(18)26/h3-9,12H,10-11,13H2,1-2H3,(H,22,27). The van der Waals surface area contributed by atoms with Gasteiger partial charge in [-0.1, -0.05) is 29.1 Å². The van der Waals surface area contributed by atoms with E-state index in [0.29, 0.717) is 29.4 Å². The van der Waals surface area contributed by atoms with Crippen LogP contribution in [0, 0.1) is 13.8 Å². The van der Waals surface area contributed by atoms with Gasteiger partial charge >= 0.3 is 0 Å². The summed E-state index contributed by atoms with van der Waals surface area (Å²) in [6.45, 7) is 4.98. The van der Waals surface area contributed by atoms with Crippen LogP contribution in [0.15, 0.2) is 58.2 Å². The largest absolute Gasteiger partial charge is 0.361 e. The molecule has 0 aliphatic heterocycles. The topological polar surface area (TPSA) is 85.8 Å². The van der Waals surface area contributed by atoms with Gasteiger partial charge in [0.2, 0.25) is 0 Å². The quantitative estimate of drug-likeness (QED) is 0.470. The van der Waals surface area contributed by atoms with Gasteiger partial charge in [-0.3, -0.25) is 4.79 Å². The molecule has 0 atom stereocenters. The predicted octanol–water partition coefficient (Wildman–Crippen LogP) is 3.76. The summed E-state index contributed by atoms with van der Waals surface area (Å²) < 4.78 is 7.20. The molecular weight excluding hydrogens is 386 g/mol. The fraction of sp³-hybridized carbons (Fsp3) is 0.238. The minimum Gasteiger partial charge on any atom is -0.361 e.